The lowest BCUT2D eigenvalue weighted by Gasteiger charge is -2.38. The Morgan fingerprint density at radius 3 is 2.39 bits per heavy atom. The minimum absolute atomic E-state index is 0.00552. The van der Waals surface area contributed by atoms with Gasteiger partial charge in [0.25, 0.3) is 0 Å². The summed E-state index contributed by atoms with van der Waals surface area (Å²) in [5, 5.41) is 0. The van der Waals surface area contributed by atoms with Crippen molar-refractivity contribution in [3.8, 4) is 22.6 Å². The van der Waals surface area contributed by atoms with Crippen LogP contribution in [-0.4, -0.2) is 58.2 Å². The minimum Gasteiger partial charge on any atom is -0.497 e. The average Bonchev–Trinajstić information content (AvgIpc) is 2.93. The Bertz CT molecular complexity index is 1480. The van der Waals surface area contributed by atoms with Crippen LogP contribution < -0.4 is 9.47 Å². The number of hydrogen-bond donors (Lipinski definition) is 0. The summed E-state index contributed by atoms with van der Waals surface area (Å²) in [7, 11) is -2.21. The number of hydrogen-bond acceptors (Lipinski definition) is 7. The fourth-order valence-electron chi connectivity index (χ4n) is 4.68. The zero-order valence-electron chi connectivity index (χ0n) is 22.4. The molecule has 0 aliphatic carbocycles. The minimum atomic E-state index is -5.20. The van der Waals surface area contributed by atoms with Gasteiger partial charge in [-0.25, -0.2) is 17.6 Å². The van der Waals surface area contributed by atoms with Gasteiger partial charge in [-0.3, -0.25) is 4.90 Å². The summed E-state index contributed by atoms with van der Waals surface area (Å²) in [6.07, 6.45) is -4.94. The van der Waals surface area contributed by atoms with Gasteiger partial charge in [-0.15, -0.1) is 0 Å². The molecule has 12 heteroatoms. The maximum atomic E-state index is 14.4. The van der Waals surface area contributed by atoms with Crippen LogP contribution >= 0.6 is 0 Å². The lowest BCUT2D eigenvalue weighted by molar-refractivity contribution is -0.217. The summed E-state index contributed by atoms with van der Waals surface area (Å²) < 4.78 is 94.4. The van der Waals surface area contributed by atoms with Crippen molar-refractivity contribution in [2.45, 2.75) is 36.7 Å². The van der Waals surface area contributed by atoms with Gasteiger partial charge in [0.2, 0.25) is 0 Å². The normalized spacial score (nSPS) is 18.1. The van der Waals surface area contributed by atoms with Crippen molar-refractivity contribution in [3.63, 3.8) is 0 Å². The molecule has 0 bridgehead atoms. The molecule has 3 aromatic rings. The van der Waals surface area contributed by atoms with Crippen LogP contribution in [0.5, 0.6) is 11.5 Å². The number of piperidine rings is 1. The van der Waals surface area contributed by atoms with E-state index >= 15 is 0 Å². The standard InChI is InChI=1S/C29H29F4NO6S/c1-38-22-9-11-25(30)21(15-22)17-34-13-12-19(14-27(34)40-28(35)29(31,32)33)18-39-23-8-10-24(20-6-4-3-5-7-20)26(16-23)41(2,36)37/h3-11,15-16,19,27H,12-14,17-18H2,1-2H3. The van der Waals surface area contributed by atoms with E-state index in [2.05, 4.69) is 0 Å². The Balaban J connectivity index is 1.50. The van der Waals surface area contributed by atoms with Gasteiger partial charge in [0.1, 0.15) is 17.3 Å². The number of nitrogens with zero attached hydrogens (tertiary/aromatic N) is 1. The molecule has 41 heavy (non-hydrogen) atoms. The van der Waals surface area contributed by atoms with E-state index < -0.39 is 34.0 Å². The topological polar surface area (TPSA) is 82.1 Å². The summed E-state index contributed by atoms with van der Waals surface area (Å²) in [5.74, 6) is -2.59. The first-order valence-electron chi connectivity index (χ1n) is 12.7. The molecule has 1 fully saturated rings. The number of alkyl halides is 3. The van der Waals surface area contributed by atoms with Crippen molar-refractivity contribution < 1.29 is 45.0 Å². The lowest BCUT2D eigenvalue weighted by Crippen LogP contribution is -2.47. The number of halogens is 4. The number of methoxy groups -OCH3 is 1. The molecule has 3 aromatic carbocycles. The van der Waals surface area contributed by atoms with E-state index in [9.17, 15) is 30.8 Å². The van der Waals surface area contributed by atoms with Crippen LogP contribution in [0.4, 0.5) is 17.6 Å². The Morgan fingerprint density at radius 1 is 1.02 bits per heavy atom. The van der Waals surface area contributed by atoms with Gasteiger partial charge in [-0.2, -0.15) is 13.2 Å². The first-order valence-corrected chi connectivity index (χ1v) is 14.6. The second-order valence-electron chi connectivity index (χ2n) is 9.78. The molecule has 0 amide bonds. The molecule has 0 spiro atoms. The van der Waals surface area contributed by atoms with Crippen LogP contribution in [0.3, 0.4) is 0 Å². The van der Waals surface area contributed by atoms with Gasteiger partial charge in [-0.05, 0) is 54.3 Å². The molecule has 4 rings (SSSR count). The number of ether oxygens (including phenoxy) is 3. The molecule has 220 valence electrons. The molecule has 7 nitrogen and oxygen atoms in total. The van der Waals surface area contributed by atoms with Crippen molar-refractivity contribution in [1.29, 1.82) is 0 Å². The van der Waals surface area contributed by atoms with Crippen molar-refractivity contribution in [2.75, 3.05) is 26.5 Å². The molecule has 1 heterocycles. The van der Waals surface area contributed by atoms with Crippen LogP contribution in [0.1, 0.15) is 18.4 Å². The lowest BCUT2D eigenvalue weighted by atomic mass is 9.95. The summed E-state index contributed by atoms with van der Waals surface area (Å²) in [6.45, 7) is 0.127. The van der Waals surface area contributed by atoms with Gasteiger partial charge in [-0.1, -0.05) is 30.3 Å². The van der Waals surface area contributed by atoms with Gasteiger partial charge in [0.05, 0.1) is 18.6 Å². The molecule has 2 atom stereocenters. The Labute approximate surface area is 235 Å². The quantitative estimate of drug-likeness (QED) is 0.234. The summed E-state index contributed by atoms with van der Waals surface area (Å²) in [4.78, 5) is 13.3. The van der Waals surface area contributed by atoms with Crippen molar-refractivity contribution in [2.24, 2.45) is 5.92 Å². The van der Waals surface area contributed by atoms with E-state index in [1.54, 1.807) is 36.4 Å². The number of likely N-dealkylation sites (tertiary alicyclic amines) is 1. The Morgan fingerprint density at radius 2 is 1.73 bits per heavy atom. The van der Waals surface area contributed by atoms with Gasteiger partial charge in [0, 0.05) is 36.9 Å². The zero-order valence-corrected chi connectivity index (χ0v) is 23.2. The van der Waals surface area contributed by atoms with Gasteiger partial charge in [0.15, 0.2) is 16.1 Å². The summed E-state index contributed by atoms with van der Waals surface area (Å²) in [5.41, 5.74) is 1.41. The molecule has 0 N–H and O–H groups in total. The second-order valence-corrected chi connectivity index (χ2v) is 11.8. The molecular formula is C29H29F4NO6S. The van der Waals surface area contributed by atoms with E-state index in [0.717, 1.165) is 6.26 Å². The molecule has 1 aliphatic heterocycles. The number of rotatable bonds is 9. The highest BCUT2D eigenvalue weighted by Gasteiger charge is 2.44. The highest BCUT2D eigenvalue weighted by molar-refractivity contribution is 7.90. The van der Waals surface area contributed by atoms with Crippen molar-refractivity contribution >= 4 is 15.8 Å². The third-order valence-corrected chi connectivity index (χ3v) is 7.93. The molecule has 1 saturated heterocycles. The number of carbonyl (C=O) groups excluding carboxylic acids is 1. The predicted octanol–water partition coefficient (Wildman–Crippen LogP) is 5.63. The van der Waals surface area contributed by atoms with E-state index in [1.165, 1.54) is 36.3 Å². The number of benzene rings is 3. The molecular weight excluding hydrogens is 566 g/mol. The maximum absolute atomic E-state index is 14.4. The SMILES string of the molecule is COc1ccc(F)c(CN2CCC(COc3ccc(-c4ccccc4)c(S(C)(=O)=O)c3)CC2OC(=O)C(F)(F)F)c1. The highest BCUT2D eigenvalue weighted by Crippen LogP contribution is 2.33. The predicted molar refractivity (Wildman–Crippen MR) is 143 cm³/mol. The third-order valence-electron chi connectivity index (χ3n) is 6.79. The van der Waals surface area contributed by atoms with Crippen LogP contribution in [0.2, 0.25) is 0 Å². The third kappa shape index (κ3) is 7.76. The molecule has 2 unspecified atom stereocenters. The fraction of sp³-hybridized carbons (Fsp3) is 0.345. The van der Waals surface area contributed by atoms with Gasteiger partial charge >= 0.3 is 12.1 Å². The van der Waals surface area contributed by atoms with Crippen LogP contribution in [-0.2, 0) is 25.9 Å². The number of sulfone groups is 1. The maximum Gasteiger partial charge on any atom is 0.490 e. The summed E-state index contributed by atoms with van der Waals surface area (Å²) >= 11 is 0. The van der Waals surface area contributed by atoms with E-state index in [1.807, 2.05) is 6.07 Å². The molecule has 1 aliphatic rings. The molecule has 0 radical (unpaired) electrons. The van der Waals surface area contributed by atoms with Gasteiger partial charge < -0.3 is 14.2 Å². The first kappa shape index (κ1) is 30.3. The largest absolute Gasteiger partial charge is 0.497 e. The van der Waals surface area contributed by atoms with Crippen LogP contribution in [0.25, 0.3) is 11.1 Å². The van der Waals surface area contributed by atoms with Crippen LogP contribution in [0.15, 0.2) is 71.6 Å². The Kier molecular flexibility index (Phi) is 9.23. The van der Waals surface area contributed by atoms with Crippen molar-refractivity contribution in [1.82, 2.24) is 4.90 Å². The smallest absolute Gasteiger partial charge is 0.490 e. The monoisotopic (exact) mass is 595 g/mol. The number of esters is 1. The highest BCUT2D eigenvalue weighted by atomic mass is 32.2. The summed E-state index contributed by atoms with van der Waals surface area (Å²) in [6, 6.07) is 17.7. The van der Waals surface area contributed by atoms with E-state index in [0.29, 0.717) is 23.3 Å². The Hall–Kier alpha value is -3.64. The fourth-order valence-corrected chi connectivity index (χ4v) is 5.59. The molecule has 0 aromatic heterocycles. The first-order chi connectivity index (χ1) is 19.3. The molecule has 0 saturated carbocycles. The second kappa shape index (κ2) is 12.5. The van der Waals surface area contributed by atoms with Crippen LogP contribution in [0, 0.1) is 11.7 Å². The zero-order chi connectivity index (χ0) is 29.8. The van der Waals surface area contributed by atoms with E-state index in [4.69, 9.17) is 14.2 Å². The van der Waals surface area contributed by atoms with Crippen molar-refractivity contribution in [3.05, 3.63) is 78.1 Å². The average molecular weight is 596 g/mol. The van der Waals surface area contributed by atoms with E-state index in [-0.39, 0.29) is 48.2 Å². The number of carbonyl (C=O) groups is 1.